The van der Waals surface area contributed by atoms with Crippen LogP contribution in [0.15, 0.2) is 59.0 Å². The van der Waals surface area contributed by atoms with Gasteiger partial charge in [0.05, 0.1) is 19.2 Å². The number of nitrogens with one attached hydrogen (secondary N) is 3. The summed E-state index contributed by atoms with van der Waals surface area (Å²) in [6.45, 7) is 2.21. The van der Waals surface area contributed by atoms with Gasteiger partial charge in [-0.25, -0.2) is 0 Å². The number of carbonyl (C=O) groups is 3. The van der Waals surface area contributed by atoms with Crippen LogP contribution >= 0.6 is 0 Å². The molecule has 3 aromatic rings. The summed E-state index contributed by atoms with van der Waals surface area (Å²) in [5.74, 6) is 2.10. The van der Waals surface area contributed by atoms with Gasteiger partial charge in [-0.05, 0) is 60.7 Å². The van der Waals surface area contributed by atoms with Crippen LogP contribution in [-0.4, -0.2) is 68.1 Å². The zero-order valence-electron chi connectivity index (χ0n) is 23.4. The monoisotopic (exact) mass is 574 g/mol. The number of hydrogen-bond acceptors (Lipinski definition) is 8. The molecule has 3 aliphatic heterocycles. The van der Waals surface area contributed by atoms with Crippen molar-refractivity contribution >= 4 is 17.7 Å². The fraction of sp³-hybridized carbons (Fsp3) is 0.387. The van der Waals surface area contributed by atoms with Crippen molar-refractivity contribution in [1.29, 1.82) is 0 Å². The summed E-state index contributed by atoms with van der Waals surface area (Å²) >= 11 is 0. The molecule has 3 N–H and O–H groups in total. The van der Waals surface area contributed by atoms with E-state index in [0.717, 1.165) is 18.4 Å². The van der Waals surface area contributed by atoms with Crippen molar-refractivity contribution in [2.75, 3.05) is 33.4 Å². The van der Waals surface area contributed by atoms with E-state index >= 15 is 0 Å². The number of likely N-dealkylation sites (tertiary alicyclic amines) is 1. The Morgan fingerprint density at radius 3 is 2.67 bits per heavy atom. The highest BCUT2D eigenvalue weighted by atomic mass is 16.5. The molecule has 4 aliphatic rings. The molecule has 2 aromatic carbocycles. The zero-order valence-corrected chi connectivity index (χ0v) is 23.4. The number of nitrogens with zero attached hydrogens (tertiary/aromatic N) is 1. The van der Waals surface area contributed by atoms with Crippen molar-refractivity contribution in [3.05, 3.63) is 77.2 Å². The molecule has 0 unspecified atom stereocenters. The van der Waals surface area contributed by atoms with Crippen LogP contribution in [0.5, 0.6) is 17.2 Å². The van der Waals surface area contributed by atoms with E-state index in [9.17, 15) is 14.4 Å². The van der Waals surface area contributed by atoms with Gasteiger partial charge < -0.3 is 34.6 Å². The third-order valence-electron chi connectivity index (χ3n) is 7.55. The Labute approximate surface area is 243 Å². The van der Waals surface area contributed by atoms with E-state index in [4.69, 9.17) is 18.6 Å². The Balaban J connectivity index is 1.25. The number of hydrogen-bond donors (Lipinski definition) is 3. The first-order valence-corrected chi connectivity index (χ1v) is 14.2. The van der Waals surface area contributed by atoms with Gasteiger partial charge in [-0.1, -0.05) is 12.1 Å². The molecule has 42 heavy (non-hydrogen) atoms. The van der Waals surface area contributed by atoms with Gasteiger partial charge in [-0.2, -0.15) is 0 Å². The number of rotatable bonds is 6. The largest absolute Gasteiger partial charge is 0.493 e. The lowest BCUT2D eigenvalue weighted by molar-refractivity contribution is -0.123. The number of amides is 3. The van der Waals surface area contributed by atoms with Crippen LogP contribution in [0, 0.1) is 5.92 Å². The smallest absolute Gasteiger partial charge is 0.286 e. The standard InChI is InChI=1S/C31H34N4O7/c1-32-31(38)27-9-8-23(42-27)14-35-15-26-28(16-35)41-22-6-4-19(5-7-22)13-33-29(36)18-40-25-11-21(30(37)34-26)10-24(12-25)39-17-20-2-3-20/h4-12,20,26,28H,2-3,13-18H2,1H3,(H,32,38)(H,33,36)(H,34,37)/t26-,28-/m0/s1. The molecule has 0 radical (unpaired) electrons. The maximum absolute atomic E-state index is 13.6. The molecular weight excluding hydrogens is 540 g/mol. The summed E-state index contributed by atoms with van der Waals surface area (Å²) in [6, 6.07) is 15.6. The van der Waals surface area contributed by atoms with Crippen molar-refractivity contribution < 1.29 is 33.0 Å². The molecule has 1 aliphatic carbocycles. The maximum atomic E-state index is 13.6. The number of furan rings is 1. The highest BCUT2D eigenvalue weighted by molar-refractivity contribution is 5.95. The summed E-state index contributed by atoms with van der Waals surface area (Å²) in [7, 11) is 1.55. The van der Waals surface area contributed by atoms with Crippen LogP contribution in [0.2, 0.25) is 0 Å². The summed E-state index contributed by atoms with van der Waals surface area (Å²) in [4.78, 5) is 40.1. The van der Waals surface area contributed by atoms with Crippen molar-refractivity contribution in [1.82, 2.24) is 20.9 Å². The van der Waals surface area contributed by atoms with E-state index in [-0.39, 0.29) is 42.2 Å². The van der Waals surface area contributed by atoms with Crippen molar-refractivity contribution in [2.24, 2.45) is 5.92 Å². The quantitative estimate of drug-likeness (QED) is 0.409. The van der Waals surface area contributed by atoms with E-state index in [1.807, 2.05) is 24.3 Å². The van der Waals surface area contributed by atoms with Gasteiger partial charge in [0.15, 0.2) is 12.4 Å². The third-order valence-corrected chi connectivity index (χ3v) is 7.55. The zero-order chi connectivity index (χ0) is 29.1. The summed E-state index contributed by atoms with van der Waals surface area (Å²) in [6.07, 6.45) is 1.92. The Kier molecular flexibility index (Phi) is 8.00. The maximum Gasteiger partial charge on any atom is 0.286 e. The average Bonchev–Trinajstić information content (AvgIpc) is 3.60. The van der Waals surface area contributed by atoms with E-state index < -0.39 is 0 Å². The molecule has 11 heteroatoms. The van der Waals surface area contributed by atoms with E-state index in [2.05, 4.69) is 20.9 Å². The van der Waals surface area contributed by atoms with Gasteiger partial charge >= 0.3 is 0 Å². The number of ether oxygens (including phenoxy) is 3. The first-order chi connectivity index (χ1) is 20.4. The highest BCUT2D eigenvalue weighted by Crippen LogP contribution is 2.31. The fourth-order valence-electron chi connectivity index (χ4n) is 5.05. The van der Waals surface area contributed by atoms with Crippen LogP contribution in [0.1, 0.15) is 45.1 Å². The molecule has 11 nitrogen and oxygen atoms in total. The van der Waals surface area contributed by atoms with Crippen LogP contribution in [0.25, 0.3) is 0 Å². The predicted molar refractivity (Wildman–Crippen MR) is 151 cm³/mol. The molecule has 0 spiro atoms. The minimum atomic E-state index is -0.353. The van der Waals surface area contributed by atoms with Crippen LogP contribution in [-0.2, 0) is 17.9 Å². The summed E-state index contributed by atoms with van der Waals surface area (Å²) in [5.41, 5.74) is 1.28. The lowest BCUT2D eigenvalue weighted by atomic mass is 10.1. The number of fused-ring (bicyclic) bond motifs is 7. The van der Waals surface area contributed by atoms with Crippen molar-refractivity contribution in [3.8, 4) is 17.2 Å². The summed E-state index contributed by atoms with van der Waals surface area (Å²) < 4.78 is 23.8. The van der Waals surface area contributed by atoms with Crippen molar-refractivity contribution in [3.63, 3.8) is 0 Å². The normalized spacial score (nSPS) is 20.9. The highest BCUT2D eigenvalue weighted by Gasteiger charge is 2.36. The Morgan fingerprint density at radius 2 is 1.88 bits per heavy atom. The van der Waals surface area contributed by atoms with E-state index in [1.54, 1.807) is 37.4 Å². The topological polar surface area (TPSA) is 131 Å². The Bertz CT molecular complexity index is 1450. The molecule has 1 aromatic heterocycles. The third kappa shape index (κ3) is 6.85. The van der Waals surface area contributed by atoms with Crippen LogP contribution in [0.4, 0.5) is 0 Å². The molecule has 4 heterocycles. The minimum Gasteiger partial charge on any atom is -0.493 e. The van der Waals surface area contributed by atoms with Crippen LogP contribution in [0.3, 0.4) is 0 Å². The van der Waals surface area contributed by atoms with Gasteiger partial charge in [0, 0.05) is 38.3 Å². The van der Waals surface area contributed by atoms with Gasteiger partial charge in [-0.15, -0.1) is 0 Å². The van der Waals surface area contributed by atoms with Gasteiger partial charge in [0.2, 0.25) is 0 Å². The molecule has 1 saturated heterocycles. The fourth-order valence-corrected chi connectivity index (χ4v) is 5.05. The first kappa shape index (κ1) is 27.6. The molecule has 2 atom stereocenters. The molecule has 1 saturated carbocycles. The van der Waals surface area contributed by atoms with Crippen molar-refractivity contribution in [2.45, 2.75) is 38.1 Å². The second-order valence-electron chi connectivity index (χ2n) is 10.9. The second-order valence-corrected chi connectivity index (χ2v) is 10.9. The summed E-state index contributed by atoms with van der Waals surface area (Å²) in [5, 5.41) is 8.56. The average molecular weight is 575 g/mol. The lowest BCUT2D eigenvalue weighted by Gasteiger charge is -2.22. The Hall–Kier alpha value is -4.51. The molecule has 2 fully saturated rings. The van der Waals surface area contributed by atoms with Gasteiger partial charge in [0.25, 0.3) is 17.7 Å². The second kappa shape index (κ2) is 12.2. The number of carbonyl (C=O) groups excluding carboxylic acids is 3. The van der Waals surface area contributed by atoms with Gasteiger partial charge in [0.1, 0.15) is 29.1 Å². The van der Waals surface area contributed by atoms with Crippen LogP contribution < -0.4 is 30.2 Å². The lowest BCUT2D eigenvalue weighted by Crippen LogP contribution is -2.45. The molecule has 7 rings (SSSR count). The van der Waals surface area contributed by atoms with Gasteiger partial charge in [-0.3, -0.25) is 19.3 Å². The van der Waals surface area contributed by atoms with E-state index in [1.165, 1.54) is 0 Å². The van der Waals surface area contributed by atoms with E-state index in [0.29, 0.717) is 67.3 Å². The number of benzene rings is 2. The molecular formula is C31H34N4O7. The Morgan fingerprint density at radius 1 is 1.05 bits per heavy atom. The predicted octanol–water partition coefficient (Wildman–Crippen LogP) is 2.50. The first-order valence-electron chi connectivity index (χ1n) is 14.2. The molecule has 220 valence electrons. The molecule has 4 bridgehead atoms. The SMILES string of the molecule is CNC(=O)c1ccc(CN2C[C@@H]3NC(=O)c4cc(cc(OCC5CC5)c4)OCC(=O)NCc4ccc(cc4)O[C@H]3C2)o1. The molecule has 3 amide bonds. The minimum absolute atomic E-state index is 0.192.